The van der Waals surface area contributed by atoms with Crippen molar-refractivity contribution in [3.63, 3.8) is 0 Å². The van der Waals surface area contributed by atoms with Gasteiger partial charge < -0.3 is 19.5 Å². The topological polar surface area (TPSA) is 53.8 Å². The number of nitrogens with one attached hydrogen (secondary N) is 1. The minimum atomic E-state index is -1.20. The van der Waals surface area contributed by atoms with E-state index >= 15 is 0 Å². The number of carboxylic acid groups (broad SMARTS) is 1. The molecule has 0 atom stereocenters. The fourth-order valence-corrected chi connectivity index (χ4v) is 1.79. The van der Waals surface area contributed by atoms with Crippen molar-refractivity contribution in [2.75, 3.05) is 26.2 Å². The van der Waals surface area contributed by atoms with Gasteiger partial charge in [0, 0.05) is 0 Å². The number of benzene rings is 1. The zero-order chi connectivity index (χ0) is 14.1. The molecule has 0 aliphatic rings. The summed E-state index contributed by atoms with van der Waals surface area (Å²) in [6, 6.07) is 7.35. The van der Waals surface area contributed by atoms with Gasteiger partial charge in [0.25, 0.3) is 0 Å². The maximum Gasteiger partial charge on any atom is 0.137 e. The molecule has 1 aromatic carbocycles. The van der Waals surface area contributed by atoms with E-state index in [1.165, 1.54) is 11.0 Å². The van der Waals surface area contributed by atoms with Crippen LogP contribution in [0.25, 0.3) is 6.08 Å². The van der Waals surface area contributed by atoms with Crippen molar-refractivity contribution < 1.29 is 19.5 Å². The lowest BCUT2D eigenvalue weighted by molar-refractivity contribution is -0.896. The first-order chi connectivity index (χ1) is 9.15. The molecule has 0 amide bonds. The SMILES string of the molecule is CC[NH+](CC)CCOc1cccc(/C=C/C(=O)[O-])c1. The molecule has 0 bridgehead atoms. The van der Waals surface area contributed by atoms with Crippen molar-refractivity contribution in [2.45, 2.75) is 13.8 Å². The van der Waals surface area contributed by atoms with E-state index in [4.69, 9.17) is 4.74 Å². The Morgan fingerprint density at radius 2 is 2.11 bits per heavy atom. The molecule has 0 aromatic heterocycles. The van der Waals surface area contributed by atoms with Crippen LogP contribution in [-0.2, 0) is 4.79 Å². The molecule has 0 saturated heterocycles. The number of rotatable bonds is 8. The highest BCUT2D eigenvalue weighted by Crippen LogP contribution is 2.14. The smallest absolute Gasteiger partial charge is 0.137 e. The van der Waals surface area contributed by atoms with Gasteiger partial charge in [-0.3, -0.25) is 0 Å². The Balaban J connectivity index is 2.50. The molecule has 4 heteroatoms. The number of carboxylic acids is 1. The van der Waals surface area contributed by atoms with Gasteiger partial charge in [-0.05, 0) is 37.6 Å². The van der Waals surface area contributed by atoms with Crippen LogP contribution in [0.4, 0.5) is 0 Å². The third kappa shape index (κ3) is 6.06. The van der Waals surface area contributed by atoms with Gasteiger partial charge in [0.15, 0.2) is 0 Å². The Morgan fingerprint density at radius 3 is 2.74 bits per heavy atom. The van der Waals surface area contributed by atoms with E-state index < -0.39 is 5.97 Å². The molecule has 0 aliphatic heterocycles. The van der Waals surface area contributed by atoms with Crippen molar-refractivity contribution in [3.05, 3.63) is 35.9 Å². The van der Waals surface area contributed by atoms with Crippen LogP contribution in [0.5, 0.6) is 5.75 Å². The second kappa shape index (κ2) is 8.32. The summed E-state index contributed by atoms with van der Waals surface area (Å²) in [4.78, 5) is 11.8. The molecule has 1 N–H and O–H groups in total. The molecule has 1 aromatic rings. The number of hydrogen-bond acceptors (Lipinski definition) is 3. The summed E-state index contributed by atoms with van der Waals surface area (Å²) in [5.74, 6) is -0.441. The predicted molar refractivity (Wildman–Crippen MR) is 72.9 cm³/mol. The third-order valence-corrected chi connectivity index (χ3v) is 2.99. The largest absolute Gasteiger partial charge is 0.545 e. The summed E-state index contributed by atoms with van der Waals surface area (Å²) in [5.41, 5.74) is 0.789. The molecular weight excluding hydrogens is 242 g/mol. The van der Waals surface area contributed by atoms with Crippen molar-refractivity contribution in [1.82, 2.24) is 0 Å². The minimum Gasteiger partial charge on any atom is -0.545 e. The molecule has 19 heavy (non-hydrogen) atoms. The normalized spacial score (nSPS) is 11.1. The molecule has 0 heterocycles. The Bertz CT molecular complexity index is 425. The van der Waals surface area contributed by atoms with Gasteiger partial charge in [0.2, 0.25) is 0 Å². The van der Waals surface area contributed by atoms with Gasteiger partial charge in [0.05, 0.1) is 19.1 Å². The van der Waals surface area contributed by atoms with E-state index in [0.717, 1.165) is 37.0 Å². The number of carbonyl (C=O) groups excluding carboxylic acids is 1. The van der Waals surface area contributed by atoms with Gasteiger partial charge in [0.1, 0.15) is 18.9 Å². The van der Waals surface area contributed by atoms with Crippen LogP contribution in [0.1, 0.15) is 19.4 Å². The molecule has 0 aliphatic carbocycles. The Labute approximate surface area is 114 Å². The number of carbonyl (C=O) groups is 1. The molecule has 0 spiro atoms. The first kappa shape index (κ1) is 15.2. The van der Waals surface area contributed by atoms with Crippen molar-refractivity contribution in [3.8, 4) is 5.75 Å². The molecule has 0 unspecified atom stereocenters. The monoisotopic (exact) mass is 263 g/mol. The van der Waals surface area contributed by atoms with E-state index in [2.05, 4.69) is 13.8 Å². The van der Waals surface area contributed by atoms with Crippen LogP contribution < -0.4 is 14.7 Å². The molecule has 1 rings (SSSR count). The van der Waals surface area contributed by atoms with E-state index in [9.17, 15) is 9.90 Å². The highest BCUT2D eigenvalue weighted by molar-refractivity contribution is 5.83. The second-order valence-corrected chi connectivity index (χ2v) is 4.28. The Morgan fingerprint density at radius 1 is 1.37 bits per heavy atom. The van der Waals surface area contributed by atoms with Crippen LogP contribution >= 0.6 is 0 Å². The first-order valence-corrected chi connectivity index (χ1v) is 6.61. The summed E-state index contributed by atoms with van der Waals surface area (Å²) in [6.07, 6.45) is 2.51. The lowest BCUT2D eigenvalue weighted by Crippen LogP contribution is -3.12. The molecule has 0 saturated carbocycles. The fourth-order valence-electron chi connectivity index (χ4n) is 1.79. The standard InChI is InChI=1S/C15H21NO3/c1-3-16(4-2)10-11-19-14-7-5-6-13(12-14)8-9-15(17)18/h5-9,12H,3-4,10-11H2,1-2H3,(H,17,18)/b9-8+. The Kier molecular flexibility index (Phi) is 6.68. The number of aliphatic carboxylic acids is 1. The van der Waals surface area contributed by atoms with Crippen molar-refractivity contribution in [1.29, 1.82) is 0 Å². The molecule has 0 radical (unpaired) electrons. The second-order valence-electron chi connectivity index (χ2n) is 4.28. The maximum atomic E-state index is 10.3. The van der Waals surface area contributed by atoms with Gasteiger partial charge in [-0.25, -0.2) is 0 Å². The maximum absolute atomic E-state index is 10.3. The number of likely N-dealkylation sites (N-methyl/N-ethyl adjacent to an activating group) is 1. The third-order valence-electron chi connectivity index (χ3n) is 2.99. The predicted octanol–water partition coefficient (Wildman–Crippen LogP) is -0.247. The fraction of sp³-hybridized carbons (Fsp3) is 0.400. The van der Waals surface area contributed by atoms with Gasteiger partial charge in [-0.1, -0.05) is 18.2 Å². The minimum absolute atomic E-state index is 0.657. The number of quaternary nitrogens is 1. The van der Waals surface area contributed by atoms with Crippen LogP contribution in [-0.4, -0.2) is 32.2 Å². The van der Waals surface area contributed by atoms with Gasteiger partial charge in [-0.2, -0.15) is 0 Å². The summed E-state index contributed by atoms with van der Waals surface area (Å²) in [6.45, 7) is 8.12. The average molecular weight is 263 g/mol. The lowest BCUT2D eigenvalue weighted by Gasteiger charge is -2.15. The zero-order valence-electron chi connectivity index (χ0n) is 11.5. The summed E-state index contributed by atoms with van der Waals surface area (Å²) >= 11 is 0. The molecule has 104 valence electrons. The molecular formula is C15H21NO3. The van der Waals surface area contributed by atoms with Gasteiger partial charge in [-0.15, -0.1) is 0 Å². The van der Waals surface area contributed by atoms with Crippen LogP contribution in [0.15, 0.2) is 30.3 Å². The van der Waals surface area contributed by atoms with E-state index in [0.29, 0.717) is 6.61 Å². The van der Waals surface area contributed by atoms with E-state index in [-0.39, 0.29) is 0 Å². The highest BCUT2D eigenvalue weighted by Gasteiger charge is 2.02. The van der Waals surface area contributed by atoms with Crippen molar-refractivity contribution in [2.24, 2.45) is 0 Å². The number of ether oxygens (including phenoxy) is 1. The summed E-state index contributed by atoms with van der Waals surface area (Å²) < 4.78 is 5.67. The number of hydrogen-bond donors (Lipinski definition) is 1. The van der Waals surface area contributed by atoms with Crippen LogP contribution in [0.2, 0.25) is 0 Å². The van der Waals surface area contributed by atoms with E-state index in [1.807, 2.05) is 24.3 Å². The molecule has 0 fully saturated rings. The highest BCUT2D eigenvalue weighted by atomic mass is 16.5. The summed E-state index contributed by atoms with van der Waals surface area (Å²) in [7, 11) is 0. The quantitative estimate of drug-likeness (QED) is 0.658. The first-order valence-electron chi connectivity index (χ1n) is 6.61. The van der Waals surface area contributed by atoms with Crippen molar-refractivity contribution >= 4 is 12.0 Å². The van der Waals surface area contributed by atoms with Crippen LogP contribution in [0.3, 0.4) is 0 Å². The zero-order valence-corrected chi connectivity index (χ0v) is 11.5. The van der Waals surface area contributed by atoms with Gasteiger partial charge >= 0.3 is 0 Å². The average Bonchev–Trinajstić information content (AvgIpc) is 2.42. The van der Waals surface area contributed by atoms with Crippen LogP contribution in [0, 0.1) is 0 Å². The molecule has 4 nitrogen and oxygen atoms in total. The van der Waals surface area contributed by atoms with E-state index in [1.54, 1.807) is 0 Å². The lowest BCUT2D eigenvalue weighted by atomic mass is 10.2. The Hall–Kier alpha value is -1.81. The summed E-state index contributed by atoms with van der Waals surface area (Å²) in [5, 5.41) is 10.3.